The maximum atomic E-state index is 5.92. The molecule has 0 spiro atoms. The molecule has 2 heterocycles. The maximum absolute atomic E-state index is 5.92. The number of nitrogens with zero attached hydrogens (tertiary/aromatic N) is 4. The van der Waals surface area contributed by atoms with Gasteiger partial charge in [-0.2, -0.15) is 10.1 Å². The third-order valence-corrected chi connectivity index (χ3v) is 5.77. The number of aromatic nitrogens is 4. The Balaban J connectivity index is 1.27. The minimum absolute atomic E-state index is 0.299. The Morgan fingerprint density at radius 3 is 2.71 bits per heavy atom. The summed E-state index contributed by atoms with van der Waals surface area (Å²) in [5.41, 5.74) is 8.24. The van der Waals surface area contributed by atoms with Crippen LogP contribution in [0.5, 0.6) is 11.5 Å². The number of methoxy groups -OCH3 is 1. The minimum Gasteiger partial charge on any atom is -0.493 e. The third-order valence-electron chi connectivity index (χ3n) is 5.24. The van der Waals surface area contributed by atoms with E-state index in [4.69, 9.17) is 9.47 Å². The number of ether oxygens (including phenoxy) is 2. The van der Waals surface area contributed by atoms with Crippen LogP contribution in [0, 0.1) is 6.92 Å². The molecule has 0 atom stereocenters. The van der Waals surface area contributed by atoms with Crippen molar-refractivity contribution in [1.29, 1.82) is 0 Å². The van der Waals surface area contributed by atoms with Gasteiger partial charge >= 0.3 is 0 Å². The third kappa shape index (κ3) is 4.69. The van der Waals surface area contributed by atoms with E-state index in [1.807, 2.05) is 61.5 Å². The van der Waals surface area contributed by atoms with E-state index >= 15 is 0 Å². The van der Waals surface area contributed by atoms with E-state index in [0.717, 1.165) is 37.6 Å². The standard InChI is InChI=1S/C25H21BrN6O2/c1-15-3-9-20-19(11-15)23-24(28-20)29-25(32-30-23)31-27-13-17-6-10-21(22(12-17)33-2)34-14-16-4-7-18(26)8-5-16/h3-13H,14H2,1-2H3,(H2,28,29,31,32)/b27-13-. The Bertz CT molecular complexity index is 1500. The van der Waals surface area contributed by atoms with E-state index in [9.17, 15) is 0 Å². The summed E-state index contributed by atoms with van der Waals surface area (Å²) in [7, 11) is 1.61. The second-order valence-corrected chi connectivity index (χ2v) is 8.62. The highest BCUT2D eigenvalue weighted by molar-refractivity contribution is 9.10. The molecule has 0 amide bonds. The van der Waals surface area contributed by atoms with E-state index in [2.05, 4.69) is 52.7 Å². The van der Waals surface area contributed by atoms with Crippen molar-refractivity contribution in [2.75, 3.05) is 12.5 Å². The molecule has 2 N–H and O–H groups in total. The molecule has 0 saturated heterocycles. The molecule has 170 valence electrons. The van der Waals surface area contributed by atoms with E-state index in [-0.39, 0.29) is 0 Å². The van der Waals surface area contributed by atoms with Gasteiger partial charge in [0, 0.05) is 15.4 Å². The molecule has 8 nitrogen and oxygen atoms in total. The lowest BCUT2D eigenvalue weighted by molar-refractivity contribution is 0.284. The molecule has 34 heavy (non-hydrogen) atoms. The molecule has 0 aliphatic rings. The molecule has 0 unspecified atom stereocenters. The molecule has 0 fully saturated rings. The molecule has 5 rings (SSSR count). The van der Waals surface area contributed by atoms with Crippen molar-refractivity contribution in [3.05, 3.63) is 81.8 Å². The zero-order valence-corrected chi connectivity index (χ0v) is 20.1. The van der Waals surface area contributed by atoms with E-state index in [1.165, 1.54) is 0 Å². The molecule has 0 saturated carbocycles. The second-order valence-electron chi connectivity index (χ2n) is 7.70. The van der Waals surface area contributed by atoms with Crippen molar-refractivity contribution < 1.29 is 9.47 Å². The zero-order valence-electron chi connectivity index (χ0n) is 18.5. The lowest BCUT2D eigenvalue weighted by atomic mass is 10.2. The lowest BCUT2D eigenvalue weighted by Gasteiger charge is -2.11. The number of aryl methyl sites for hydroxylation is 1. The topological polar surface area (TPSA) is 97.3 Å². The van der Waals surface area contributed by atoms with Gasteiger partial charge in [-0.1, -0.05) is 39.7 Å². The van der Waals surface area contributed by atoms with Crippen molar-refractivity contribution in [2.45, 2.75) is 13.5 Å². The van der Waals surface area contributed by atoms with Crippen molar-refractivity contribution in [1.82, 2.24) is 20.2 Å². The van der Waals surface area contributed by atoms with Crippen LogP contribution in [0.15, 0.2) is 70.2 Å². The van der Waals surface area contributed by atoms with Gasteiger partial charge in [0.05, 0.1) is 13.3 Å². The van der Waals surface area contributed by atoms with Gasteiger partial charge in [0.15, 0.2) is 17.1 Å². The fraction of sp³-hybridized carbons (Fsp3) is 0.120. The molecular weight excluding hydrogens is 496 g/mol. The van der Waals surface area contributed by atoms with Crippen molar-refractivity contribution >= 4 is 50.2 Å². The lowest BCUT2D eigenvalue weighted by Crippen LogP contribution is -2.00. The van der Waals surface area contributed by atoms with Gasteiger partial charge in [-0.3, -0.25) is 0 Å². The van der Waals surface area contributed by atoms with Crippen LogP contribution in [0.4, 0.5) is 5.95 Å². The van der Waals surface area contributed by atoms with Gasteiger partial charge in [-0.05, 0) is 60.5 Å². The van der Waals surface area contributed by atoms with Crippen LogP contribution < -0.4 is 14.9 Å². The van der Waals surface area contributed by atoms with Crippen molar-refractivity contribution in [2.24, 2.45) is 5.10 Å². The fourth-order valence-corrected chi connectivity index (χ4v) is 3.79. The van der Waals surface area contributed by atoms with Gasteiger partial charge in [-0.25, -0.2) is 5.43 Å². The first-order valence-electron chi connectivity index (χ1n) is 10.6. The highest BCUT2D eigenvalue weighted by atomic mass is 79.9. The van der Waals surface area contributed by atoms with Crippen molar-refractivity contribution in [3.63, 3.8) is 0 Å². The molecule has 0 bridgehead atoms. The van der Waals surface area contributed by atoms with Crippen LogP contribution in [0.1, 0.15) is 16.7 Å². The average molecular weight is 517 g/mol. The molecule has 9 heteroatoms. The van der Waals surface area contributed by atoms with Crippen LogP contribution in [0.25, 0.3) is 22.1 Å². The van der Waals surface area contributed by atoms with E-state index < -0.39 is 0 Å². The van der Waals surface area contributed by atoms with Crippen LogP contribution in [-0.4, -0.2) is 33.5 Å². The molecule has 0 aliphatic heterocycles. The Hall–Kier alpha value is -3.98. The Morgan fingerprint density at radius 2 is 1.88 bits per heavy atom. The first kappa shape index (κ1) is 21.8. The van der Waals surface area contributed by atoms with Crippen LogP contribution in [0.3, 0.4) is 0 Å². The summed E-state index contributed by atoms with van der Waals surface area (Å²) in [5, 5.41) is 13.7. The quantitative estimate of drug-likeness (QED) is 0.215. The number of fused-ring (bicyclic) bond motifs is 3. The summed E-state index contributed by atoms with van der Waals surface area (Å²) in [6, 6.07) is 19.7. The van der Waals surface area contributed by atoms with Gasteiger partial charge in [0.1, 0.15) is 12.1 Å². The van der Waals surface area contributed by atoms with Gasteiger partial charge < -0.3 is 14.5 Å². The molecular formula is C25H21BrN6O2. The Morgan fingerprint density at radius 1 is 1.03 bits per heavy atom. The largest absolute Gasteiger partial charge is 0.493 e. The number of halogens is 1. The molecule has 0 radical (unpaired) electrons. The molecule has 0 aliphatic carbocycles. The van der Waals surface area contributed by atoms with Crippen molar-refractivity contribution in [3.8, 4) is 11.5 Å². The number of nitrogens with one attached hydrogen (secondary N) is 2. The number of rotatable bonds is 7. The Kier molecular flexibility index (Phi) is 6.09. The van der Waals surface area contributed by atoms with Gasteiger partial charge in [0.25, 0.3) is 5.95 Å². The summed E-state index contributed by atoms with van der Waals surface area (Å²) in [4.78, 5) is 7.74. The second kappa shape index (κ2) is 9.48. The summed E-state index contributed by atoms with van der Waals surface area (Å²) in [6.45, 7) is 2.48. The first-order valence-corrected chi connectivity index (χ1v) is 11.4. The number of anilines is 1. The monoisotopic (exact) mass is 516 g/mol. The SMILES string of the molecule is COc1cc(/C=N\Nc2nnc3c(n2)[nH]c2ccc(C)cc23)ccc1OCc1ccc(Br)cc1. The summed E-state index contributed by atoms with van der Waals surface area (Å²) in [6.07, 6.45) is 1.66. The first-order chi connectivity index (χ1) is 16.6. The molecule has 3 aromatic carbocycles. The number of aromatic amines is 1. The number of hydrogen-bond donors (Lipinski definition) is 2. The number of hydrazone groups is 1. The predicted molar refractivity (Wildman–Crippen MR) is 137 cm³/mol. The maximum Gasteiger partial charge on any atom is 0.265 e. The average Bonchev–Trinajstić information content (AvgIpc) is 3.21. The van der Waals surface area contributed by atoms with E-state index in [1.54, 1.807) is 13.3 Å². The van der Waals surface area contributed by atoms with E-state index in [0.29, 0.717) is 29.7 Å². The summed E-state index contributed by atoms with van der Waals surface area (Å²) >= 11 is 3.44. The number of benzene rings is 3. The van der Waals surface area contributed by atoms with Crippen LogP contribution in [0.2, 0.25) is 0 Å². The summed E-state index contributed by atoms with van der Waals surface area (Å²) < 4.78 is 12.4. The number of hydrogen-bond acceptors (Lipinski definition) is 7. The zero-order chi connectivity index (χ0) is 23.5. The van der Waals surface area contributed by atoms with Crippen LogP contribution in [-0.2, 0) is 6.61 Å². The van der Waals surface area contributed by atoms with Crippen LogP contribution >= 0.6 is 15.9 Å². The highest BCUT2D eigenvalue weighted by Crippen LogP contribution is 2.28. The minimum atomic E-state index is 0.299. The summed E-state index contributed by atoms with van der Waals surface area (Å²) in [5.74, 6) is 1.57. The molecule has 5 aromatic rings. The van der Waals surface area contributed by atoms with Gasteiger partial charge in [-0.15, -0.1) is 10.2 Å². The predicted octanol–water partition coefficient (Wildman–Crippen LogP) is 5.61. The molecule has 2 aromatic heterocycles. The highest BCUT2D eigenvalue weighted by Gasteiger charge is 2.09. The Labute approximate surface area is 204 Å². The smallest absolute Gasteiger partial charge is 0.265 e. The fourth-order valence-electron chi connectivity index (χ4n) is 3.52. The number of H-pyrrole nitrogens is 1. The normalized spacial score (nSPS) is 11.4. The van der Waals surface area contributed by atoms with Gasteiger partial charge in [0.2, 0.25) is 0 Å².